The maximum atomic E-state index is 12.9. The van der Waals surface area contributed by atoms with E-state index in [4.69, 9.17) is 4.74 Å². The van der Waals surface area contributed by atoms with Crippen LogP contribution in [-0.2, 0) is 22.3 Å². The highest BCUT2D eigenvalue weighted by molar-refractivity contribution is 7.83. The maximum Gasteiger partial charge on any atom is 0.256 e. The number of rotatable bonds is 5. The van der Waals surface area contributed by atoms with Crippen LogP contribution >= 0.6 is 0 Å². The van der Waals surface area contributed by atoms with Crippen LogP contribution in [0.3, 0.4) is 0 Å². The fourth-order valence-electron chi connectivity index (χ4n) is 3.52. The summed E-state index contributed by atoms with van der Waals surface area (Å²) >= 11 is 0. The highest BCUT2D eigenvalue weighted by Gasteiger charge is 2.29. The lowest BCUT2D eigenvalue weighted by molar-refractivity contribution is 0.102. The molecule has 0 spiro atoms. The molecule has 4 rings (SSSR count). The van der Waals surface area contributed by atoms with Crippen molar-refractivity contribution in [2.24, 2.45) is 0 Å². The van der Waals surface area contributed by atoms with Crippen molar-refractivity contribution >= 4 is 22.5 Å². The summed E-state index contributed by atoms with van der Waals surface area (Å²) in [5.74, 6) is 1.90. The number of aromatic nitrogens is 2. The number of nitrogens with zero attached hydrogens (tertiary/aromatic N) is 2. The molecule has 2 heterocycles. The van der Waals surface area contributed by atoms with Gasteiger partial charge in [0.25, 0.3) is 5.91 Å². The summed E-state index contributed by atoms with van der Waals surface area (Å²) < 4.78 is 19.3. The fraction of sp³-hybridized carbons (Fsp3) is 0.273. The second-order valence-electron chi connectivity index (χ2n) is 7.12. The van der Waals surface area contributed by atoms with E-state index in [0.29, 0.717) is 29.5 Å². The van der Waals surface area contributed by atoms with Gasteiger partial charge >= 0.3 is 0 Å². The SMILES string of the molecule is CCOc1ccc(C(=O)Nc2c3c(nn2-c2ccc(C)cc2C)C[S@@](=O)C3)cc1. The minimum absolute atomic E-state index is 0.237. The number of carbonyl (C=O) groups is 1. The van der Waals surface area contributed by atoms with Gasteiger partial charge in [-0.15, -0.1) is 0 Å². The molecule has 1 aliphatic rings. The van der Waals surface area contributed by atoms with Crippen molar-refractivity contribution in [2.45, 2.75) is 32.3 Å². The van der Waals surface area contributed by atoms with Gasteiger partial charge in [0.2, 0.25) is 0 Å². The number of hydrogen-bond donors (Lipinski definition) is 1. The Hall–Kier alpha value is -2.93. The molecular formula is C22H23N3O3S. The third-order valence-electron chi connectivity index (χ3n) is 4.91. The van der Waals surface area contributed by atoms with Gasteiger partial charge in [-0.3, -0.25) is 9.00 Å². The van der Waals surface area contributed by atoms with E-state index in [1.807, 2.05) is 32.9 Å². The van der Waals surface area contributed by atoms with Crippen LogP contribution in [0.4, 0.5) is 5.82 Å². The van der Waals surface area contributed by atoms with Crippen LogP contribution in [0.2, 0.25) is 0 Å². The van der Waals surface area contributed by atoms with Crippen molar-refractivity contribution in [1.29, 1.82) is 0 Å². The zero-order valence-corrected chi connectivity index (χ0v) is 17.5. The Morgan fingerprint density at radius 2 is 1.93 bits per heavy atom. The van der Waals surface area contributed by atoms with Gasteiger partial charge in [0, 0.05) is 21.9 Å². The Balaban J connectivity index is 1.70. The molecule has 0 bridgehead atoms. The molecule has 6 nitrogen and oxygen atoms in total. The van der Waals surface area contributed by atoms with Crippen LogP contribution in [0.5, 0.6) is 5.75 Å². The first-order valence-corrected chi connectivity index (χ1v) is 11.0. The average Bonchev–Trinajstić information content (AvgIpc) is 3.19. The first-order chi connectivity index (χ1) is 14.0. The first-order valence-electron chi connectivity index (χ1n) is 9.54. The van der Waals surface area contributed by atoms with E-state index in [-0.39, 0.29) is 5.91 Å². The molecule has 1 N–H and O–H groups in total. The quantitative estimate of drug-likeness (QED) is 0.694. The molecule has 1 aromatic heterocycles. The van der Waals surface area contributed by atoms with Crippen LogP contribution in [0.15, 0.2) is 42.5 Å². The number of fused-ring (bicyclic) bond motifs is 1. The Labute approximate surface area is 172 Å². The van der Waals surface area contributed by atoms with Crippen LogP contribution in [-0.4, -0.2) is 26.5 Å². The highest BCUT2D eigenvalue weighted by atomic mass is 32.2. The lowest BCUT2D eigenvalue weighted by Gasteiger charge is -2.13. The largest absolute Gasteiger partial charge is 0.494 e. The van der Waals surface area contributed by atoms with Crippen molar-refractivity contribution in [3.05, 3.63) is 70.4 Å². The van der Waals surface area contributed by atoms with Gasteiger partial charge in [0.05, 0.1) is 29.5 Å². The number of ether oxygens (including phenoxy) is 1. The molecule has 150 valence electrons. The van der Waals surface area contributed by atoms with Gasteiger partial charge in [-0.2, -0.15) is 5.10 Å². The van der Waals surface area contributed by atoms with Crippen molar-refractivity contribution in [2.75, 3.05) is 11.9 Å². The van der Waals surface area contributed by atoms with Crippen LogP contribution in [0.25, 0.3) is 5.69 Å². The second kappa shape index (κ2) is 7.83. The Kier molecular flexibility index (Phi) is 5.24. The van der Waals surface area contributed by atoms with Crippen LogP contribution in [0.1, 0.15) is 39.7 Å². The van der Waals surface area contributed by atoms with E-state index < -0.39 is 10.8 Å². The van der Waals surface area contributed by atoms with Crippen LogP contribution < -0.4 is 10.1 Å². The average molecular weight is 410 g/mol. The monoisotopic (exact) mass is 409 g/mol. The molecule has 1 aliphatic heterocycles. The van der Waals surface area contributed by atoms with E-state index in [1.165, 1.54) is 0 Å². The summed E-state index contributed by atoms with van der Waals surface area (Å²) in [7, 11) is -0.981. The smallest absolute Gasteiger partial charge is 0.256 e. The fourth-order valence-corrected chi connectivity index (χ4v) is 4.79. The normalized spacial score (nSPS) is 15.2. The zero-order valence-electron chi connectivity index (χ0n) is 16.7. The first kappa shape index (κ1) is 19.4. The Bertz CT molecular complexity index is 1100. The number of nitrogens with one attached hydrogen (secondary N) is 1. The summed E-state index contributed by atoms with van der Waals surface area (Å²) in [4.78, 5) is 12.9. The van der Waals surface area contributed by atoms with Gasteiger partial charge in [-0.1, -0.05) is 17.7 Å². The number of hydrogen-bond acceptors (Lipinski definition) is 4. The van der Waals surface area contributed by atoms with Gasteiger partial charge in [0.1, 0.15) is 11.6 Å². The summed E-state index contributed by atoms with van der Waals surface area (Å²) in [6.07, 6.45) is 0. The van der Waals surface area contributed by atoms with Gasteiger partial charge in [0.15, 0.2) is 0 Å². The van der Waals surface area contributed by atoms with Gasteiger partial charge < -0.3 is 10.1 Å². The molecule has 7 heteroatoms. The van der Waals surface area contributed by atoms with Crippen molar-refractivity contribution in [1.82, 2.24) is 9.78 Å². The lowest BCUT2D eigenvalue weighted by atomic mass is 10.1. The maximum absolute atomic E-state index is 12.9. The topological polar surface area (TPSA) is 73.2 Å². The molecule has 29 heavy (non-hydrogen) atoms. The predicted octanol–water partition coefficient (Wildman–Crippen LogP) is 3.90. The van der Waals surface area contributed by atoms with Crippen LogP contribution in [0, 0.1) is 13.8 Å². The molecule has 0 saturated heterocycles. The minimum atomic E-state index is -0.981. The van der Waals surface area contributed by atoms with E-state index >= 15 is 0 Å². The number of amides is 1. The summed E-state index contributed by atoms with van der Waals surface area (Å²) in [5, 5.41) is 7.68. The molecular weight excluding hydrogens is 386 g/mol. The zero-order chi connectivity index (χ0) is 20.5. The van der Waals surface area contributed by atoms with Gasteiger partial charge in [-0.25, -0.2) is 4.68 Å². The molecule has 0 fully saturated rings. The second-order valence-corrected chi connectivity index (χ2v) is 8.57. The standard InChI is InChI=1S/C22H23N3O3S/c1-4-28-17-8-6-16(7-9-17)22(26)23-21-18-12-29(27)13-19(18)24-25(21)20-10-5-14(2)11-15(20)3/h5-11H,4,12-13H2,1-3H3,(H,23,26)/t29-/m0/s1. The predicted molar refractivity (Wildman–Crippen MR) is 114 cm³/mol. The molecule has 3 aromatic rings. The molecule has 0 radical (unpaired) electrons. The van der Waals surface area contributed by atoms with Crippen molar-refractivity contribution < 1.29 is 13.7 Å². The molecule has 2 aromatic carbocycles. The minimum Gasteiger partial charge on any atom is -0.494 e. The molecule has 0 saturated carbocycles. The number of anilines is 1. The summed E-state index contributed by atoms with van der Waals surface area (Å²) in [6.45, 7) is 6.55. The number of aryl methyl sites for hydroxylation is 2. The van der Waals surface area contributed by atoms with Crippen molar-refractivity contribution in [3.63, 3.8) is 0 Å². The highest BCUT2D eigenvalue weighted by Crippen LogP contribution is 2.32. The Morgan fingerprint density at radius 1 is 1.17 bits per heavy atom. The summed E-state index contributed by atoms with van der Waals surface area (Å²) in [6, 6.07) is 13.1. The van der Waals surface area contributed by atoms with E-state index in [0.717, 1.165) is 33.8 Å². The lowest BCUT2D eigenvalue weighted by Crippen LogP contribution is -2.17. The summed E-state index contributed by atoms with van der Waals surface area (Å²) in [5.41, 5.74) is 5.27. The third-order valence-corrected chi connectivity index (χ3v) is 6.12. The van der Waals surface area contributed by atoms with Crippen molar-refractivity contribution in [3.8, 4) is 11.4 Å². The molecule has 0 aliphatic carbocycles. The molecule has 1 amide bonds. The van der Waals surface area contributed by atoms with E-state index in [9.17, 15) is 9.00 Å². The molecule has 0 unspecified atom stereocenters. The van der Waals surface area contributed by atoms with Gasteiger partial charge in [-0.05, 0) is 56.7 Å². The molecule has 1 atom stereocenters. The number of carbonyl (C=O) groups excluding carboxylic acids is 1. The van der Waals surface area contributed by atoms with E-state index in [1.54, 1.807) is 28.9 Å². The number of benzene rings is 2. The van der Waals surface area contributed by atoms with E-state index in [2.05, 4.69) is 16.5 Å². The third kappa shape index (κ3) is 3.82. The Morgan fingerprint density at radius 3 is 2.62 bits per heavy atom.